The molecule has 0 aromatic carbocycles. The molecule has 1 rings (SSSR count). The SMILES string of the molecule is CC(CO)N(C)Cc1ncc(C(C)(C)C)o1. The number of rotatable bonds is 4. The fourth-order valence-corrected chi connectivity index (χ4v) is 1.24. The molecule has 0 spiro atoms. The molecule has 0 radical (unpaired) electrons. The average molecular weight is 226 g/mol. The van der Waals surface area contributed by atoms with E-state index >= 15 is 0 Å². The van der Waals surface area contributed by atoms with Crippen LogP contribution in [0.4, 0.5) is 0 Å². The molecule has 1 unspecified atom stereocenters. The van der Waals surface area contributed by atoms with Crippen LogP contribution in [0.3, 0.4) is 0 Å². The van der Waals surface area contributed by atoms with Crippen LogP contribution in [0.2, 0.25) is 0 Å². The topological polar surface area (TPSA) is 49.5 Å². The van der Waals surface area contributed by atoms with Gasteiger partial charge in [-0.15, -0.1) is 0 Å². The first-order valence-corrected chi connectivity index (χ1v) is 5.61. The van der Waals surface area contributed by atoms with Crippen molar-refractivity contribution in [2.45, 2.75) is 45.7 Å². The molecule has 1 aromatic heterocycles. The van der Waals surface area contributed by atoms with Gasteiger partial charge in [0.15, 0.2) is 0 Å². The van der Waals surface area contributed by atoms with Gasteiger partial charge in [0, 0.05) is 11.5 Å². The van der Waals surface area contributed by atoms with Crippen LogP contribution in [0.5, 0.6) is 0 Å². The predicted molar refractivity (Wildman–Crippen MR) is 63.2 cm³/mol. The summed E-state index contributed by atoms with van der Waals surface area (Å²) in [5.74, 6) is 1.60. The zero-order chi connectivity index (χ0) is 12.3. The Morgan fingerprint density at radius 2 is 2.12 bits per heavy atom. The first kappa shape index (κ1) is 13.2. The van der Waals surface area contributed by atoms with Crippen LogP contribution in [-0.4, -0.2) is 34.7 Å². The highest BCUT2D eigenvalue weighted by Crippen LogP contribution is 2.23. The number of oxazole rings is 1. The van der Waals surface area contributed by atoms with Crippen molar-refractivity contribution in [2.24, 2.45) is 0 Å². The summed E-state index contributed by atoms with van der Waals surface area (Å²) in [5.41, 5.74) is -0.00752. The van der Waals surface area contributed by atoms with E-state index in [0.29, 0.717) is 12.4 Å². The van der Waals surface area contributed by atoms with E-state index in [9.17, 15) is 0 Å². The van der Waals surface area contributed by atoms with Gasteiger partial charge in [-0.25, -0.2) is 4.98 Å². The molecular weight excluding hydrogens is 204 g/mol. The Balaban J connectivity index is 2.66. The van der Waals surface area contributed by atoms with E-state index in [1.807, 2.05) is 18.9 Å². The second kappa shape index (κ2) is 4.97. The molecule has 92 valence electrons. The lowest BCUT2D eigenvalue weighted by molar-refractivity contribution is 0.143. The van der Waals surface area contributed by atoms with E-state index in [0.717, 1.165) is 5.76 Å². The first-order chi connectivity index (χ1) is 7.34. The summed E-state index contributed by atoms with van der Waals surface area (Å²) in [4.78, 5) is 6.26. The Hall–Kier alpha value is -0.870. The molecule has 0 saturated carbocycles. The van der Waals surface area contributed by atoms with Gasteiger partial charge >= 0.3 is 0 Å². The van der Waals surface area contributed by atoms with E-state index in [1.54, 1.807) is 6.20 Å². The smallest absolute Gasteiger partial charge is 0.208 e. The summed E-state index contributed by atoms with van der Waals surface area (Å²) < 4.78 is 5.68. The summed E-state index contributed by atoms with van der Waals surface area (Å²) in [7, 11) is 1.95. The summed E-state index contributed by atoms with van der Waals surface area (Å²) in [6.45, 7) is 9.01. The van der Waals surface area contributed by atoms with Crippen LogP contribution in [0.1, 0.15) is 39.3 Å². The highest BCUT2D eigenvalue weighted by molar-refractivity contribution is 5.05. The van der Waals surface area contributed by atoms with Crippen molar-refractivity contribution in [2.75, 3.05) is 13.7 Å². The number of aliphatic hydroxyl groups excluding tert-OH is 1. The van der Waals surface area contributed by atoms with E-state index < -0.39 is 0 Å². The quantitative estimate of drug-likeness (QED) is 0.850. The number of likely N-dealkylation sites (N-methyl/N-ethyl adjacent to an activating group) is 1. The van der Waals surface area contributed by atoms with Gasteiger partial charge in [-0.3, -0.25) is 4.90 Å². The van der Waals surface area contributed by atoms with E-state index in [-0.39, 0.29) is 18.1 Å². The van der Waals surface area contributed by atoms with Gasteiger partial charge in [0.1, 0.15) is 5.76 Å². The lowest BCUT2D eigenvalue weighted by Gasteiger charge is -2.21. The third kappa shape index (κ3) is 3.32. The third-order valence-corrected chi connectivity index (χ3v) is 2.69. The number of aliphatic hydroxyl groups is 1. The van der Waals surface area contributed by atoms with Crippen molar-refractivity contribution >= 4 is 0 Å². The zero-order valence-corrected chi connectivity index (χ0v) is 10.8. The Morgan fingerprint density at radius 1 is 1.50 bits per heavy atom. The summed E-state index contributed by atoms with van der Waals surface area (Å²) in [6.07, 6.45) is 1.78. The van der Waals surface area contributed by atoms with Crippen molar-refractivity contribution in [3.63, 3.8) is 0 Å². The van der Waals surface area contributed by atoms with Crippen LogP contribution in [0.25, 0.3) is 0 Å². The van der Waals surface area contributed by atoms with E-state index in [4.69, 9.17) is 9.52 Å². The average Bonchev–Trinajstić information content (AvgIpc) is 2.64. The van der Waals surface area contributed by atoms with Crippen LogP contribution in [0.15, 0.2) is 10.6 Å². The Bertz CT molecular complexity index is 328. The Morgan fingerprint density at radius 3 is 2.56 bits per heavy atom. The zero-order valence-electron chi connectivity index (χ0n) is 10.8. The predicted octanol–water partition coefficient (Wildman–Crippen LogP) is 1.78. The molecule has 1 atom stereocenters. The Kier molecular flexibility index (Phi) is 4.10. The molecule has 0 amide bonds. The van der Waals surface area contributed by atoms with Gasteiger partial charge in [-0.05, 0) is 14.0 Å². The van der Waals surface area contributed by atoms with Crippen molar-refractivity contribution in [3.05, 3.63) is 17.8 Å². The summed E-state index contributed by atoms with van der Waals surface area (Å²) in [6, 6.07) is 0.116. The lowest BCUT2D eigenvalue weighted by atomic mass is 9.94. The molecule has 0 saturated heterocycles. The van der Waals surface area contributed by atoms with Crippen LogP contribution in [0, 0.1) is 0 Å². The minimum atomic E-state index is -0.00752. The molecule has 0 bridgehead atoms. The number of nitrogens with zero attached hydrogens (tertiary/aromatic N) is 2. The summed E-state index contributed by atoms with van der Waals surface area (Å²) >= 11 is 0. The molecule has 16 heavy (non-hydrogen) atoms. The van der Waals surface area contributed by atoms with Crippen molar-refractivity contribution < 1.29 is 9.52 Å². The lowest BCUT2D eigenvalue weighted by Crippen LogP contribution is -2.31. The van der Waals surface area contributed by atoms with Crippen LogP contribution >= 0.6 is 0 Å². The van der Waals surface area contributed by atoms with Crippen LogP contribution in [-0.2, 0) is 12.0 Å². The highest BCUT2D eigenvalue weighted by Gasteiger charge is 2.20. The summed E-state index contributed by atoms with van der Waals surface area (Å²) in [5, 5.41) is 9.02. The fourth-order valence-electron chi connectivity index (χ4n) is 1.24. The first-order valence-electron chi connectivity index (χ1n) is 5.61. The second-order valence-electron chi connectivity index (χ2n) is 5.31. The molecule has 0 fully saturated rings. The van der Waals surface area contributed by atoms with Crippen molar-refractivity contribution in [3.8, 4) is 0 Å². The second-order valence-corrected chi connectivity index (χ2v) is 5.31. The maximum atomic E-state index is 9.02. The van der Waals surface area contributed by atoms with E-state index in [1.165, 1.54) is 0 Å². The standard InChI is InChI=1S/C12H22N2O2/c1-9(8-15)14(5)7-11-13-6-10(16-11)12(2,3)4/h6,9,15H,7-8H2,1-5H3. The molecule has 1 aromatic rings. The van der Waals surface area contributed by atoms with Gasteiger partial charge in [-0.1, -0.05) is 20.8 Å². The van der Waals surface area contributed by atoms with Gasteiger partial charge in [0.25, 0.3) is 0 Å². The molecule has 4 heteroatoms. The fraction of sp³-hybridized carbons (Fsp3) is 0.750. The van der Waals surface area contributed by atoms with Gasteiger partial charge in [0.2, 0.25) is 5.89 Å². The normalized spacial score (nSPS) is 14.4. The third-order valence-electron chi connectivity index (χ3n) is 2.69. The van der Waals surface area contributed by atoms with Crippen LogP contribution < -0.4 is 0 Å². The molecular formula is C12H22N2O2. The number of hydrogen-bond donors (Lipinski definition) is 1. The maximum absolute atomic E-state index is 9.02. The molecule has 4 nitrogen and oxygen atoms in total. The number of aromatic nitrogens is 1. The molecule has 0 aliphatic rings. The molecule has 1 heterocycles. The maximum Gasteiger partial charge on any atom is 0.208 e. The van der Waals surface area contributed by atoms with Gasteiger partial charge in [0.05, 0.1) is 19.3 Å². The Labute approximate surface area is 97.3 Å². The molecule has 0 aliphatic heterocycles. The molecule has 0 aliphatic carbocycles. The minimum absolute atomic E-state index is 0.00752. The minimum Gasteiger partial charge on any atom is -0.444 e. The van der Waals surface area contributed by atoms with Gasteiger partial charge in [-0.2, -0.15) is 0 Å². The monoisotopic (exact) mass is 226 g/mol. The highest BCUT2D eigenvalue weighted by atomic mass is 16.4. The molecule has 1 N–H and O–H groups in total. The van der Waals surface area contributed by atoms with Gasteiger partial charge < -0.3 is 9.52 Å². The van der Waals surface area contributed by atoms with Crippen molar-refractivity contribution in [1.82, 2.24) is 9.88 Å². The largest absolute Gasteiger partial charge is 0.444 e. The number of hydrogen-bond acceptors (Lipinski definition) is 4. The van der Waals surface area contributed by atoms with Crippen molar-refractivity contribution in [1.29, 1.82) is 0 Å². The van der Waals surface area contributed by atoms with E-state index in [2.05, 4.69) is 25.8 Å².